The SMILES string of the molecule is C1=Cc2c(c3c(c4c2-c2ccccc2C4)CC=C3)C1. The van der Waals surface area contributed by atoms with Gasteiger partial charge in [-0.05, 0) is 63.8 Å². The second-order valence-corrected chi connectivity index (χ2v) is 5.68. The molecule has 0 unspecified atom stereocenters. The van der Waals surface area contributed by atoms with Crippen LogP contribution < -0.4 is 0 Å². The third-order valence-corrected chi connectivity index (χ3v) is 4.78. The first-order valence-corrected chi connectivity index (χ1v) is 7.05. The van der Waals surface area contributed by atoms with Crippen molar-refractivity contribution in [2.24, 2.45) is 0 Å². The molecule has 0 amide bonds. The number of rotatable bonds is 0. The molecule has 0 saturated carbocycles. The van der Waals surface area contributed by atoms with E-state index in [1.54, 1.807) is 16.7 Å². The van der Waals surface area contributed by atoms with Crippen molar-refractivity contribution in [3.05, 3.63) is 69.8 Å². The normalized spacial score (nSPS) is 16.4. The first kappa shape index (κ1) is 9.80. The molecule has 19 heavy (non-hydrogen) atoms. The molecule has 3 aliphatic rings. The fraction of sp³-hybridized carbons (Fsp3) is 0.158. The van der Waals surface area contributed by atoms with Crippen molar-refractivity contribution in [3.63, 3.8) is 0 Å². The maximum atomic E-state index is 2.34. The summed E-state index contributed by atoms with van der Waals surface area (Å²) in [5.41, 5.74) is 12.2. The van der Waals surface area contributed by atoms with E-state index in [-0.39, 0.29) is 0 Å². The number of allylic oxidation sites excluding steroid dienone is 2. The van der Waals surface area contributed by atoms with Crippen LogP contribution in [-0.4, -0.2) is 0 Å². The maximum Gasteiger partial charge on any atom is -0.00102 e. The smallest absolute Gasteiger partial charge is 0.00102 e. The zero-order chi connectivity index (χ0) is 12.4. The van der Waals surface area contributed by atoms with Crippen LogP contribution in [0.5, 0.6) is 0 Å². The van der Waals surface area contributed by atoms with Crippen molar-refractivity contribution >= 4 is 12.2 Å². The quantitative estimate of drug-likeness (QED) is 0.548. The molecule has 90 valence electrons. The predicted molar refractivity (Wildman–Crippen MR) is 80.2 cm³/mol. The highest BCUT2D eigenvalue weighted by molar-refractivity contribution is 5.91. The van der Waals surface area contributed by atoms with Crippen LogP contribution in [0.25, 0.3) is 23.3 Å². The van der Waals surface area contributed by atoms with E-state index in [0.29, 0.717) is 0 Å². The summed E-state index contributed by atoms with van der Waals surface area (Å²) in [6.07, 6.45) is 12.7. The lowest BCUT2D eigenvalue weighted by Crippen LogP contribution is -1.99. The zero-order valence-corrected chi connectivity index (χ0v) is 10.7. The summed E-state index contributed by atoms with van der Waals surface area (Å²) in [5.74, 6) is 0. The predicted octanol–water partition coefficient (Wildman–Crippen LogP) is 4.40. The zero-order valence-electron chi connectivity index (χ0n) is 10.7. The van der Waals surface area contributed by atoms with Gasteiger partial charge in [0, 0.05) is 0 Å². The Morgan fingerprint density at radius 3 is 2.47 bits per heavy atom. The molecule has 0 N–H and O–H groups in total. The standard InChI is InChI=1S/C19H14/c1-2-6-13-12(5-1)11-18-16-9-3-7-14(16)15-8-4-10-17(15)19(13)18/h1-7,10H,8-9,11H2. The third kappa shape index (κ3) is 1.10. The second-order valence-electron chi connectivity index (χ2n) is 5.68. The third-order valence-electron chi connectivity index (χ3n) is 4.78. The molecular weight excluding hydrogens is 228 g/mol. The summed E-state index contributed by atoms with van der Waals surface area (Å²) in [6.45, 7) is 0. The lowest BCUT2D eigenvalue weighted by molar-refractivity contribution is 1.15. The largest absolute Gasteiger partial charge is 0.0795 e. The van der Waals surface area contributed by atoms with Gasteiger partial charge in [-0.1, -0.05) is 48.6 Å². The van der Waals surface area contributed by atoms with Gasteiger partial charge >= 0.3 is 0 Å². The van der Waals surface area contributed by atoms with Gasteiger partial charge in [0.25, 0.3) is 0 Å². The lowest BCUT2D eigenvalue weighted by Gasteiger charge is -2.15. The van der Waals surface area contributed by atoms with Crippen LogP contribution in [0, 0.1) is 0 Å². The highest BCUT2D eigenvalue weighted by Gasteiger charge is 2.29. The van der Waals surface area contributed by atoms with Crippen LogP contribution in [0.2, 0.25) is 0 Å². The van der Waals surface area contributed by atoms with Gasteiger partial charge in [0.2, 0.25) is 0 Å². The molecule has 0 atom stereocenters. The van der Waals surface area contributed by atoms with Crippen LogP contribution >= 0.6 is 0 Å². The Hall–Kier alpha value is -2.08. The topological polar surface area (TPSA) is 0 Å². The number of hydrogen-bond acceptors (Lipinski definition) is 0. The Balaban J connectivity index is 1.94. The Bertz CT molecular complexity index is 788. The minimum absolute atomic E-state index is 1.11. The monoisotopic (exact) mass is 242 g/mol. The van der Waals surface area contributed by atoms with Crippen molar-refractivity contribution < 1.29 is 0 Å². The molecule has 0 fully saturated rings. The Morgan fingerprint density at radius 2 is 1.53 bits per heavy atom. The van der Waals surface area contributed by atoms with Crippen LogP contribution in [0.15, 0.2) is 36.4 Å². The van der Waals surface area contributed by atoms with Gasteiger partial charge in [-0.3, -0.25) is 0 Å². The van der Waals surface area contributed by atoms with Crippen molar-refractivity contribution in [3.8, 4) is 11.1 Å². The van der Waals surface area contributed by atoms with E-state index in [1.165, 1.54) is 27.8 Å². The van der Waals surface area contributed by atoms with Gasteiger partial charge in [0.1, 0.15) is 0 Å². The van der Waals surface area contributed by atoms with Gasteiger partial charge in [0.05, 0.1) is 0 Å². The molecule has 0 heteroatoms. The van der Waals surface area contributed by atoms with Gasteiger partial charge in [-0.15, -0.1) is 0 Å². The number of benzene rings is 2. The minimum Gasteiger partial charge on any atom is -0.0795 e. The van der Waals surface area contributed by atoms with E-state index >= 15 is 0 Å². The van der Waals surface area contributed by atoms with Crippen LogP contribution in [0.4, 0.5) is 0 Å². The molecule has 5 rings (SSSR count). The summed E-state index contributed by atoms with van der Waals surface area (Å²) < 4.78 is 0. The Kier molecular flexibility index (Phi) is 1.69. The van der Waals surface area contributed by atoms with E-state index < -0.39 is 0 Å². The van der Waals surface area contributed by atoms with Gasteiger partial charge in [-0.2, -0.15) is 0 Å². The molecule has 2 aromatic rings. The van der Waals surface area contributed by atoms with E-state index in [1.807, 2.05) is 0 Å². The van der Waals surface area contributed by atoms with Crippen molar-refractivity contribution in [1.29, 1.82) is 0 Å². The average Bonchev–Trinajstić information content (AvgIpc) is 3.14. The van der Waals surface area contributed by atoms with Gasteiger partial charge in [0.15, 0.2) is 0 Å². The number of hydrogen-bond donors (Lipinski definition) is 0. The lowest BCUT2D eigenvalue weighted by atomic mass is 9.89. The first-order valence-electron chi connectivity index (χ1n) is 7.05. The average molecular weight is 242 g/mol. The molecule has 0 bridgehead atoms. The maximum absolute atomic E-state index is 2.34. The molecule has 0 heterocycles. The summed E-state index contributed by atoms with van der Waals surface area (Å²) >= 11 is 0. The molecule has 0 saturated heterocycles. The molecule has 0 aliphatic heterocycles. The molecular formula is C19H14. The second kappa shape index (κ2) is 3.27. The molecule has 0 aromatic heterocycles. The van der Waals surface area contributed by atoms with E-state index in [4.69, 9.17) is 0 Å². The van der Waals surface area contributed by atoms with Crippen molar-refractivity contribution in [2.75, 3.05) is 0 Å². The van der Waals surface area contributed by atoms with Crippen LogP contribution in [-0.2, 0) is 19.3 Å². The van der Waals surface area contributed by atoms with E-state index in [0.717, 1.165) is 19.3 Å². The minimum atomic E-state index is 1.11. The van der Waals surface area contributed by atoms with E-state index in [2.05, 4.69) is 48.6 Å². The van der Waals surface area contributed by atoms with Crippen LogP contribution in [0.3, 0.4) is 0 Å². The van der Waals surface area contributed by atoms with Crippen LogP contribution in [0.1, 0.15) is 33.4 Å². The Morgan fingerprint density at radius 1 is 0.737 bits per heavy atom. The fourth-order valence-corrected chi connectivity index (χ4v) is 3.99. The Labute approximate surface area is 113 Å². The molecule has 0 spiro atoms. The molecule has 2 aromatic carbocycles. The highest BCUT2D eigenvalue weighted by atomic mass is 14.3. The van der Waals surface area contributed by atoms with Crippen molar-refractivity contribution in [1.82, 2.24) is 0 Å². The van der Waals surface area contributed by atoms with Crippen molar-refractivity contribution in [2.45, 2.75) is 19.3 Å². The summed E-state index contributed by atoms with van der Waals surface area (Å²) in [5, 5.41) is 0. The summed E-state index contributed by atoms with van der Waals surface area (Å²) in [7, 11) is 0. The first-order chi connectivity index (χ1) is 9.43. The molecule has 0 nitrogen and oxygen atoms in total. The molecule has 3 aliphatic carbocycles. The van der Waals surface area contributed by atoms with Gasteiger partial charge < -0.3 is 0 Å². The summed E-state index contributed by atoms with van der Waals surface area (Å²) in [6, 6.07) is 8.92. The summed E-state index contributed by atoms with van der Waals surface area (Å²) in [4.78, 5) is 0. The van der Waals surface area contributed by atoms with E-state index in [9.17, 15) is 0 Å². The number of fused-ring (bicyclic) bond motifs is 8. The van der Waals surface area contributed by atoms with Gasteiger partial charge in [-0.25, -0.2) is 0 Å². The fourth-order valence-electron chi connectivity index (χ4n) is 3.99. The molecule has 0 radical (unpaired) electrons. The highest BCUT2D eigenvalue weighted by Crippen LogP contribution is 2.47.